The van der Waals surface area contributed by atoms with Crippen molar-refractivity contribution in [3.63, 3.8) is 0 Å². The van der Waals surface area contributed by atoms with E-state index in [1.165, 1.54) is 12.1 Å². The molecule has 1 aromatic rings. The highest BCUT2D eigenvalue weighted by molar-refractivity contribution is 6.37. The molecule has 0 saturated carbocycles. The average molecular weight is 332 g/mol. The molecule has 1 rings (SSSR count). The Kier molecular flexibility index (Phi) is 6.21. The molecule has 0 aliphatic carbocycles. The van der Waals surface area contributed by atoms with Crippen LogP contribution in [-0.4, -0.2) is 24.1 Å². The minimum absolute atomic E-state index is 0.0888. The number of nitro benzene ring substituents is 1. The molecule has 0 aliphatic heterocycles. The fraction of sp³-hybridized carbons (Fsp3) is 0.462. The monoisotopic (exact) mass is 331 g/mol. The summed E-state index contributed by atoms with van der Waals surface area (Å²) >= 11 is 11.8. The van der Waals surface area contributed by atoms with Crippen molar-refractivity contribution in [2.45, 2.75) is 25.3 Å². The van der Waals surface area contributed by atoms with Gasteiger partial charge < -0.3 is 10.1 Å². The zero-order valence-corrected chi connectivity index (χ0v) is 13.2. The Hall–Kier alpha value is -1.55. The van der Waals surface area contributed by atoms with Crippen LogP contribution >= 0.6 is 23.2 Å². The van der Waals surface area contributed by atoms with Gasteiger partial charge in [0.1, 0.15) is 5.54 Å². The number of ether oxygens (including phenoxy) is 1. The Morgan fingerprint density at radius 1 is 1.48 bits per heavy atom. The number of nitriles is 1. The molecule has 1 N–H and O–H groups in total. The lowest BCUT2D eigenvalue weighted by molar-refractivity contribution is -0.384. The first-order chi connectivity index (χ1) is 9.83. The Balaban J connectivity index is 2.65. The minimum atomic E-state index is -0.619. The van der Waals surface area contributed by atoms with Gasteiger partial charge in [-0.25, -0.2) is 0 Å². The van der Waals surface area contributed by atoms with Gasteiger partial charge in [0, 0.05) is 12.1 Å². The molecule has 1 unspecified atom stereocenters. The number of rotatable bonds is 7. The van der Waals surface area contributed by atoms with E-state index in [-0.39, 0.29) is 21.5 Å². The van der Waals surface area contributed by atoms with E-state index in [1.807, 2.05) is 0 Å². The number of hydrogen-bond donors (Lipinski definition) is 1. The smallest absolute Gasteiger partial charge is 0.272 e. The Bertz CT molecular complexity index is 551. The molecule has 0 aromatic heterocycles. The number of halogens is 2. The molecule has 0 heterocycles. The van der Waals surface area contributed by atoms with Crippen molar-refractivity contribution in [1.82, 2.24) is 5.32 Å². The Morgan fingerprint density at radius 3 is 2.48 bits per heavy atom. The molecule has 0 radical (unpaired) electrons. The first kappa shape index (κ1) is 17.5. The van der Waals surface area contributed by atoms with Gasteiger partial charge in [-0.2, -0.15) is 5.26 Å². The van der Waals surface area contributed by atoms with Crippen LogP contribution in [-0.2, 0) is 0 Å². The van der Waals surface area contributed by atoms with Crippen LogP contribution in [0.3, 0.4) is 0 Å². The van der Waals surface area contributed by atoms with Crippen LogP contribution < -0.4 is 10.1 Å². The van der Waals surface area contributed by atoms with Gasteiger partial charge in [-0.15, -0.1) is 0 Å². The zero-order chi connectivity index (χ0) is 16.0. The highest BCUT2D eigenvalue weighted by Crippen LogP contribution is 2.36. The van der Waals surface area contributed by atoms with E-state index < -0.39 is 10.5 Å². The van der Waals surface area contributed by atoms with Crippen LogP contribution in [0.15, 0.2) is 12.1 Å². The van der Waals surface area contributed by atoms with Gasteiger partial charge in [-0.05, 0) is 26.8 Å². The van der Waals surface area contributed by atoms with Gasteiger partial charge in [-0.3, -0.25) is 10.1 Å². The minimum Gasteiger partial charge on any atom is -0.490 e. The molecule has 0 fully saturated rings. The summed E-state index contributed by atoms with van der Waals surface area (Å²) in [6.45, 7) is 2.09. The number of nitro groups is 1. The molecule has 0 spiro atoms. The van der Waals surface area contributed by atoms with E-state index in [0.29, 0.717) is 19.4 Å². The van der Waals surface area contributed by atoms with Crippen LogP contribution in [0.25, 0.3) is 0 Å². The summed E-state index contributed by atoms with van der Waals surface area (Å²) in [6, 6.07) is 4.56. The maximum absolute atomic E-state index is 10.7. The molecule has 21 heavy (non-hydrogen) atoms. The van der Waals surface area contributed by atoms with Gasteiger partial charge in [-0.1, -0.05) is 23.2 Å². The molecule has 1 atom stereocenters. The predicted molar refractivity (Wildman–Crippen MR) is 80.9 cm³/mol. The van der Waals surface area contributed by atoms with Crippen molar-refractivity contribution >= 4 is 28.9 Å². The lowest BCUT2D eigenvalue weighted by atomic mass is 9.98. The summed E-state index contributed by atoms with van der Waals surface area (Å²) in [5, 5.41) is 22.8. The number of non-ortho nitro benzene ring substituents is 1. The second-order valence-electron chi connectivity index (χ2n) is 4.64. The molecule has 0 aliphatic rings. The van der Waals surface area contributed by atoms with E-state index in [2.05, 4.69) is 11.4 Å². The van der Waals surface area contributed by atoms with Crippen LogP contribution in [0.1, 0.15) is 19.8 Å². The molecule has 114 valence electrons. The van der Waals surface area contributed by atoms with Crippen molar-refractivity contribution in [3.8, 4) is 11.8 Å². The van der Waals surface area contributed by atoms with E-state index >= 15 is 0 Å². The van der Waals surface area contributed by atoms with Crippen LogP contribution in [0, 0.1) is 21.4 Å². The van der Waals surface area contributed by atoms with E-state index in [4.69, 9.17) is 33.2 Å². The Labute approximate surface area is 132 Å². The van der Waals surface area contributed by atoms with Gasteiger partial charge in [0.05, 0.1) is 27.6 Å². The molecule has 0 amide bonds. The normalized spacial score (nSPS) is 13.3. The maximum Gasteiger partial charge on any atom is 0.272 e. The summed E-state index contributed by atoms with van der Waals surface area (Å²) in [5.74, 6) is 0.215. The summed E-state index contributed by atoms with van der Waals surface area (Å²) in [6.07, 6.45) is 1.19. The van der Waals surface area contributed by atoms with Gasteiger partial charge in [0.15, 0.2) is 5.75 Å². The van der Waals surface area contributed by atoms with Crippen molar-refractivity contribution in [2.24, 2.45) is 0 Å². The fourth-order valence-corrected chi connectivity index (χ4v) is 2.21. The van der Waals surface area contributed by atoms with Crippen molar-refractivity contribution in [3.05, 3.63) is 32.3 Å². The zero-order valence-electron chi connectivity index (χ0n) is 11.7. The summed E-state index contributed by atoms with van der Waals surface area (Å²) < 4.78 is 5.46. The first-order valence-corrected chi connectivity index (χ1v) is 6.95. The van der Waals surface area contributed by atoms with Crippen LogP contribution in [0.4, 0.5) is 5.69 Å². The average Bonchev–Trinajstić information content (AvgIpc) is 2.45. The quantitative estimate of drug-likeness (QED) is 0.468. The molecule has 0 saturated heterocycles. The molecule has 8 heteroatoms. The van der Waals surface area contributed by atoms with Crippen molar-refractivity contribution < 1.29 is 9.66 Å². The highest BCUT2D eigenvalue weighted by atomic mass is 35.5. The summed E-state index contributed by atoms with van der Waals surface area (Å²) in [4.78, 5) is 10.1. The van der Waals surface area contributed by atoms with Gasteiger partial charge in [0.25, 0.3) is 5.69 Å². The van der Waals surface area contributed by atoms with E-state index in [9.17, 15) is 10.1 Å². The predicted octanol–water partition coefficient (Wildman–Crippen LogP) is 3.56. The summed E-state index contributed by atoms with van der Waals surface area (Å²) in [5.41, 5.74) is -0.809. The number of benzene rings is 1. The summed E-state index contributed by atoms with van der Waals surface area (Å²) in [7, 11) is 1.72. The van der Waals surface area contributed by atoms with Gasteiger partial charge in [0.2, 0.25) is 0 Å². The molecule has 6 nitrogen and oxygen atoms in total. The maximum atomic E-state index is 10.7. The largest absolute Gasteiger partial charge is 0.490 e. The molecule has 0 bridgehead atoms. The van der Waals surface area contributed by atoms with Crippen molar-refractivity contribution in [1.29, 1.82) is 5.26 Å². The lowest BCUT2D eigenvalue weighted by Crippen LogP contribution is -2.38. The van der Waals surface area contributed by atoms with Crippen LogP contribution in [0.5, 0.6) is 5.75 Å². The van der Waals surface area contributed by atoms with Crippen molar-refractivity contribution in [2.75, 3.05) is 13.7 Å². The second kappa shape index (κ2) is 7.46. The third-order valence-corrected chi connectivity index (χ3v) is 3.62. The number of nitrogens with one attached hydrogen (secondary N) is 1. The third kappa shape index (κ3) is 4.74. The number of hydrogen-bond acceptors (Lipinski definition) is 5. The van der Waals surface area contributed by atoms with E-state index in [1.54, 1.807) is 14.0 Å². The molecular weight excluding hydrogens is 317 g/mol. The molecular formula is C13H15Cl2N3O3. The topological polar surface area (TPSA) is 88.2 Å². The first-order valence-electron chi connectivity index (χ1n) is 6.19. The second-order valence-corrected chi connectivity index (χ2v) is 5.46. The Morgan fingerprint density at radius 2 is 2.05 bits per heavy atom. The fourth-order valence-electron chi connectivity index (χ4n) is 1.63. The highest BCUT2D eigenvalue weighted by Gasteiger charge is 2.21. The van der Waals surface area contributed by atoms with Crippen LogP contribution in [0.2, 0.25) is 10.0 Å². The standard InChI is InChI=1S/C13H15Cl2N3O3/c1-13(8-16,17-2)4-3-5-21-12-10(14)6-9(18(19)20)7-11(12)15/h6-7,17H,3-5H2,1-2H3. The third-order valence-electron chi connectivity index (χ3n) is 3.06. The lowest BCUT2D eigenvalue weighted by Gasteiger charge is -2.20. The van der Waals surface area contributed by atoms with Gasteiger partial charge >= 0.3 is 0 Å². The van der Waals surface area contributed by atoms with E-state index in [0.717, 1.165) is 0 Å². The number of nitrogens with zero attached hydrogens (tertiary/aromatic N) is 2. The molecule has 1 aromatic carbocycles. The SMILES string of the molecule is CNC(C)(C#N)CCCOc1c(Cl)cc([N+](=O)[O-])cc1Cl.